The van der Waals surface area contributed by atoms with Crippen molar-refractivity contribution in [1.82, 2.24) is 5.32 Å². The van der Waals surface area contributed by atoms with Gasteiger partial charge in [-0.05, 0) is 24.1 Å². The van der Waals surface area contributed by atoms with Crippen molar-refractivity contribution in [3.63, 3.8) is 0 Å². The van der Waals surface area contributed by atoms with Crippen molar-refractivity contribution in [3.8, 4) is 0 Å². The van der Waals surface area contributed by atoms with Crippen LogP contribution in [0.3, 0.4) is 0 Å². The molecule has 0 spiro atoms. The number of carbonyl (C=O) groups is 1. The zero-order chi connectivity index (χ0) is 18.4. The predicted octanol–water partition coefficient (Wildman–Crippen LogP) is 2.40. The van der Waals surface area contributed by atoms with Crippen LogP contribution in [-0.4, -0.2) is 43.7 Å². The smallest absolute Gasteiger partial charge is 0.293 e. The van der Waals surface area contributed by atoms with Crippen molar-refractivity contribution in [2.45, 2.75) is 6.42 Å². The van der Waals surface area contributed by atoms with Gasteiger partial charge in [0.25, 0.3) is 11.6 Å². The molecule has 3 rings (SSSR count). The van der Waals surface area contributed by atoms with Gasteiger partial charge in [0.15, 0.2) is 0 Å². The SMILES string of the molecule is O=C(NCCc1ccccc1)c1ccc(N2CCOCC2)c([N+](=O)[O-])c1. The first-order valence-corrected chi connectivity index (χ1v) is 8.58. The van der Waals surface area contributed by atoms with Gasteiger partial charge < -0.3 is 15.0 Å². The van der Waals surface area contributed by atoms with Crippen molar-refractivity contribution in [2.24, 2.45) is 0 Å². The number of hydrogen-bond acceptors (Lipinski definition) is 5. The summed E-state index contributed by atoms with van der Waals surface area (Å²) in [4.78, 5) is 25.3. The van der Waals surface area contributed by atoms with Crippen molar-refractivity contribution in [3.05, 3.63) is 69.8 Å². The van der Waals surface area contributed by atoms with E-state index < -0.39 is 4.92 Å². The Kier molecular flexibility index (Phi) is 5.80. The average Bonchev–Trinajstić information content (AvgIpc) is 2.69. The van der Waals surface area contributed by atoms with Crippen molar-refractivity contribution in [2.75, 3.05) is 37.7 Å². The molecule has 1 aliphatic heterocycles. The number of ether oxygens (including phenoxy) is 1. The van der Waals surface area contributed by atoms with E-state index in [9.17, 15) is 14.9 Å². The van der Waals surface area contributed by atoms with Crippen LogP contribution in [-0.2, 0) is 11.2 Å². The van der Waals surface area contributed by atoms with E-state index >= 15 is 0 Å². The topological polar surface area (TPSA) is 84.7 Å². The molecule has 1 saturated heterocycles. The van der Waals surface area contributed by atoms with Crippen LogP contribution in [0.2, 0.25) is 0 Å². The maximum atomic E-state index is 12.3. The van der Waals surface area contributed by atoms with E-state index in [1.807, 2.05) is 35.2 Å². The van der Waals surface area contributed by atoms with E-state index in [2.05, 4.69) is 5.32 Å². The van der Waals surface area contributed by atoms with Crippen LogP contribution in [0.25, 0.3) is 0 Å². The maximum absolute atomic E-state index is 12.3. The molecule has 1 amide bonds. The Morgan fingerprint density at radius 2 is 1.88 bits per heavy atom. The summed E-state index contributed by atoms with van der Waals surface area (Å²) < 4.78 is 5.29. The minimum Gasteiger partial charge on any atom is -0.378 e. The maximum Gasteiger partial charge on any atom is 0.293 e. The summed E-state index contributed by atoms with van der Waals surface area (Å²) in [7, 11) is 0. The summed E-state index contributed by atoms with van der Waals surface area (Å²) in [6, 6.07) is 14.5. The lowest BCUT2D eigenvalue weighted by Gasteiger charge is -2.28. The Morgan fingerprint density at radius 3 is 2.58 bits per heavy atom. The van der Waals surface area contributed by atoms with Crippen molar-refractivity contribution in [1.29, 1.82) is 0 Å². The van der Waals surface area contributed by atoms with E-state index in [0.29, 0.717) is 50.5 Å². The van der Waals surface area contributed by atoms with Gasteiger partial charge in [-0.2, -0.15) is 0 Å². The van der Waals surface area contributed by atoms with Crippen LogP contribution in [0.4, 0.5) is 11.4 Å². The van der Waals surface area contributed by atoms with Gasteiger partial charge in [0, 0.05) is 31.3 Å². The lowest BCUT2D eigenvalue weighted by atomic mass is 10.1. The number of rotatable bonds is 6. The van der Waals surface area contributed by atoms with Gasteiger partial charge in [-0.15, -0.1) is 0 Å². The lowest BCUT2D eigenvalue weighted by Crippen LogP contribution is -2.36. The lowest BCUT2D eigenvalue weighted by molar-refractivity contribution is -0.384. The van der Waals surface area contributed by atoms with Gasteiger partial charge in [-0.25, -0.2) is 0 Å². The minimum atomic E-state index is -0.439. The molecule has 0 bridgehead atoms. The van der Waals surface area contributed by atoms with Crippen LogP contribution < -0.4 is 10.2 Å². The number of amides is 1. The van der Waals surface area contributed by atoms with Crippen LogP contribution >= 0.6 is 0 Å². The number of nitrogens with one attached hydrogen (secondary N) is 1. The molecule has 0 aliphatic carbocycles. The van der Waals surface area contributed by atoms with E-state index in [1.54, 1.807) is 12.1 Å². The zero-order valence-electron chi connectivity index (χ0n) is 14.4. The number of benzene rings is 2. The quantitative estimate of drug-likeness (QED) is 0.635. The monoisotopic (exact) mass is 355 g/mol. The summed E-state index contributed by atoms with van der Waals surface area (Å²) in [6.07, 6.45) is 0.709. The normalized spacial score (nSPS) is 14.1. The Balaban J connectivity index is 1.68. The van der Waals surface area contributed by atoms with Gasteiger partial charge in [0.1, 0.15) is 5.69 Å². The standard InChI is InChI=1S/C19H21N3O4/c23-19(20-9-8-15-4-2-1-3-5-15)16-6-7-17(18(14-16)22(24)25)21-10-12-26-13-11-21/h1-7,14H,8-13H2,(H,20,23). The summed E-state index contributed by atoms with van der Waals surface area (Å²) >= 11 is 0. The number of morpholine rings is 1. The molecule has 136 valence electrons. The Morgan fingerprint density at radius 1 is 1.15 bits per heavy atom. The highest BCUT2D eigenvalue weighted by Gasteiger charge is 2.23. The van der Waals surface area contributed by atoms with Gasteiger partial charge >= 0.3 is 0 Å². The first kappa shape index (κ1) is 17.9. The molecule has 0 atom stereocenters. The summed E-state index contributed by atoms with van der Waals surface area (Å²) in [5.74, 6) is -0.308. The number of hydrogen-bond donors (Lipinski definition) is 1. The third-order valence-corrected chi connectivity index (χ3v) is 4.33. The van der Waals surface area contributed by atoms with Gasteiger partial charge in [0.2, 0.25) is 0 Å². The molecule has 1 N–H and O–H groups in total. The molecule has 26 heavy (non-hydrogen) atoms. The number of carbonyl (C=O) groups excluding carboxylic acids is 1. The van der Waals surface area contributed by atoms with Crippen LogP contribution in [0.15, 0.2) is 48.5 Å². The number of anilines is 1. The van der Waals surface area contributed by atoms with Gasteiger partial charge in [-0.3, -0.25) is 14.9 Å². The zero-order valence-corrected chi connectivity index (χ0v) is 14.4. The van der Waals surface area contributed by atoms with Crippen LogP contribution in [0, 0.1) is 10.1 Å². The van der Waals surface area contributed by atoms with Crippen LogP contribution in [0.5, 0.6) is 0 Å². The highest BCUT2D eigenvalue weighted by Crippen LogP contribution is 2.29. The number of nitro benzene ring substituents is 1. The fourth-order valence-corrected chi connectivity index (χ4v) is 2.95. The second-order valence-corrected chi connectivity index (χ2v) is 6.05. The fourth-order valence-electron chi connectivity index (χ4n) is 2.95. The first-order chi connectivity index (χ1) is 12.6. The molecule has 1 heterocycles. The fraction of sp³-hybridized carbons (Fsp3) is 0.316. The van der Waals surface area contributed by atoms with Gasteiger partial charge in [-0.1, -0.05) is 30.3 Å². The molecule has 0 radical (unpaired) electrons. The Hall–Kier alpha value is -2.93. The highest BCUT2D eigenvalue weighted by atomic mass is 16.6. The molecular weight excluding hydrogens is 334 g/mol. The highest BCUT2D eigenvalue weighted by molar-refractivity contribution is 5.95. The number of nitro groups is 1. The molecule has 7 heteroatoms. The Labute approximate surface area is 151 Å². The average molecular weight is 355 g/mol. The third kappa shape index (κ3) is 4.37. The van der Waals surface area contributed by atoms with Crippen molar-refractivity contribution < 1.29 is 14.5 Å². The van der Waals surface area contributed by atoms with E-state index in [1.165, 1.54) is 6.07 Å². The first-order valence-electron chi connectivity index (χ1n) is 8.58. The second-order valence-electron chi connectivity index (χ2n) is 6.05. The molecule has 0 unspecified atom stereocenters. The largest absolute Gasteiger partial charge is 0.378 e. The molecule has 7 nitrogen and oxygen atoms in total. The third-order valence-electron chi connectivity index (χ3n) is 4.33. The van der Waals surface area contributed by atoms with Crippen molar-refractivity contribution >= 4 is 17.3 Å². The van der Waals surface area contributed by atoms with Gasteiger partial charge in [0.05, 0.1) is 18.1 Å². The molecule has 2 aromatic rings. The van der Waals surface area contributed by atoms with E-state index in [-0.39, 0.29) is 11.6 Å². The van der Waals surface area contributed by atoms with E-state index in [0.717, 1.165) is 5.56 Å². The summed E-state index contributed by atoms with van der Waals surface area (Å²) in [5.41, 5.74) is 1.89. The second kappa shape index (κ2) is 8.44. The molecule has 2 aromatic carbocycles. The molecular formula is C19H21N3O4. The number of nitrogens with zero attached hydrogens (tertiary/aromatic N) is 2. The van der Waals surface area contributed by atoms with Crippen LogP contribution in [0.1, 0.15) is 15.9 Å². The molecule has 0 saturated carbocycles. The summed E-state index contributed by atoms with van der Waals surface area (Å²) in [6.45, 7) is 2.76. The molecule has 0 aromatic heterocycles. The van der Waals surface area contributed by atoms with E-state index in [4.69, 9.17) is 4.74 Å². The summed E-state index contributed by atoms with van der Waals surface area (Å²) in [5, 5.41) is 14.3. The minimum absolute atomic E-state index is 0.0531. The predicted molar refractivity (Wildman–Crippen MR) is 98.6 cm³/mol. The molecule has 1 aliphatic rings. The molecule has 1 fully saturated rings. The Bertz CT molecular complexity index is 774.